The van der Waals surface area contributed by atoms with E-state index in [2.05, 4.69) is 11.8 Å². The molecule has 0 aliphatic heterocycles. The lowest BCUT2D eigenvalue weighted by molar-refractivity contribution is 0.358. The zero-order valence-corrected chi connectivity index (χ0v) is 13.8. The summed E-state index contributed by atoms with van der Waals surface area (Å²) in [5.41, 5.74) is 2.18. The summed E-state index contributed by atoms with van der Waals surface area (Å²) in [6, 6.07) is 15.1. The van der Waals surface area contributed by atoms with E-state index >= 15 is 0 Å². The number of aryl methyl sites for hydroxylation is 1. The fourth-order valence-corrected chi connectivity index (χ4v) is 2.49. The summed E-state index contributed by atoms with van der Waals surface area (Å²) in [5, 5.41) is 0.521. The van der Waals surface area contributed by atoms with Crippen LogP contribution in [0.5, 0.6) is 5.75 Å². The van der Waals surface area contributed by atoms with Crippen molar-refractivity contribution in [2.45, 2.75) is 20.3 Å². The Hall–Kier alpha value is -2.99. The van der Waals surface area contributed by atoms with E-state index in [4.69, 9.17) is 9.15 Å². The van der Waals surface area contributed by atoms with E-state index in [0.717, 1.165) is 17.5 Å². The minimum absolute atomic E-state index is 0.162. The molecule has 1 aromatic heterocycles. The Labute approximate surface area is 140 Å². The predicted octanol–water partition coefficient (Wildman–Crippen LogP) is 4.56. The van der Waals surface area contributed by atoms with Gasteiger partial charge in [-0.25, -0.2) is 0 Å². The Balaban J connectivity index is 2.20. The Morgan fingerprint density at radius 3 is 2.62 bits per heavy atom. The largest absolute Gasteiger partial charge is 0.473 e. The van der Waals surface area contributed by atoms with Crippen molar-refractivity contribution in [1.29, 1.82) is 0 Å². The second-order valence-electron chi connectivity index (χ2n) is 5.45. The maximum Gasteiger partial charge on any atom is 0.235 e. The molecule has 0 N–H and O–H groups in total. The standard InChI is InChI=1S/C21H18O3/c1-3-4-8-13-23-21-19(22)17-14-15(2)11-12-18(17)24-20(21)16-9-6-5-7-10-16/h5-7,9-12,14H,3,13H2,1-2H3. The maximum atomic E-state index is 12.9. The minimum atomic E-state index is -0.169. The van der Waals surface area contributed by atoms with Crippen molar-refractivity contribution in [3.8, 4) is 28.9 Å². The number of ether oxygens (including phenoxy) is 1. The molecule has 0 bridgehead atoms. The summed E-state index contributed by atoms with van der Waals surface area (Å²) in [6.07, 6.45) is 0.750. The Kier molecular flexibility index (Phi) is 4.67. The fourth-order valence-electron chi connectivity index (χ4n) is 2.49. The van der Waals surface area contributed by atoms with Gasteiger partial charge >= 0.3 is 0 Å². The van der Waals surface area contributed by atoms with Crippen LogP contribution in [-0.4, -0.2) is 6.61 Å². The lowest BCUT2D eigenvalue weighted by Gasteiger charge is -2.10. The molecule has 2 aromatic carbocycles. The molecular formula is C21H18O3. The Bertz CT molecular complexity index is 973. The van der Waals surface area contributed by atoms with Crippen molar-refractivity contribution < 1.29 is 9.15 Å². The molecule has 0 fully saturated rings. The molecule has 0 spiro atoms. The quantitative estimate of drug-likeness (QED) is 0.665. The molecule has 3 nitrogen and oxygen atoms in total. The molecule has 0 saturated carbocycles. The molecule has 0 atom stereocenters. The molecule has 0 aliphatic carbocycles. The minimum Gasteiger partial charge on any atom is -0.473 e. The van der Waals surface area contributed by atoms with Gasteiger partial charge in [0.25, 0.3) is 0 Å². The van der Waals surface area contributed by atoms with Crippen molar-refractivity contribution >= 4 is 11.0 Å². The van der Waals surface area contributed by atoms with E-state index < -0.39 is 0 Å². The highest BCUT2D eigenvalue weighted by atomic mass is 16.5. The zero-order valence-electron chi connectivity index (χ0n) is 13.8. The number of fused-ring (bicyclic) bond motifs is 1. The van der Waals surface area contributed by atoms with Gasteiger partial charge in [0.05, 0.1) is 5.39 Å². The third-order valence-electron chi connectivity index (χ3n) is 3.63. The van der Waals surface area contributed by atoms with Crippen molar-refractivity contribution in [1.82, 2.24) is 0 Å². The average Bonchev–Trinajstić information content (AvgIpc) is 2.61. The van der Waals surface area contributed by atoms with Crippen LogP contribution in [0.4, 0.5) is 0 Å². The molecule has 0 saturated heterocycles. The molecule has 0 unspecified atom stereocenters. The van der Waals surface area contributed by atoms with Gasteiger partial charge in [-0.2, -0.15) is 0 Å². The Morgan fingerprint density at radius 2 is 1.88 bits per heavy atom. The molecular weight excluding hydrogens is 300 g/mol. The summed E-state index contributed by atoms with van der Waals surface area (Å²) in [7, 11) is 0. The Morgan fingerprint density at radius 1 is 1.08 bits per heavy atom. The van der Waals surface area contributed by atoms with Crippen LogP contribution in [0.1, 0.15) is 18.9 Å². The molecule has 0 aliphatic rings. The lowest BCUT2D eigenvalue weighted by atomic mass is 10.1. The topological polar surface area (TPSA) is 39.4 Å². The number of hydrogen-bond donors (Lipinski definition) is 0. The highest BCUT2D eigenvalue weighted by Gasteiger charge is 2.17. The van der Waals surface area contributed by atoms with Crippen LogP contribution >= 0.6 is 0 Å². The zero-order chi connectivity index (χ0) is 16.9. The van der Waals surface area contributed by atoms with E-state index in [9.17, 15) is 4.79 Å². The first-order valence-electron chi connectivity index (χ1n) is 7.92. The second kappa shape index (κ2) is 7.06. The number of hydrogen-bond acceptors (Lipinski definition) is 3. The van der Waals surface area contributed by atoms with E-state index in [1.807, 2.05) is 62.4 Å². The summed E-state index contributed by atoms with van der Waals surface area (Å²) < 4.78 is 11.7. The van der Waals surface area contributed by atoms with Crippen LogP contribution in [0.3, 0.4) is 0 Å². The predicted molar refractivity (Wildman–Crippen MR) is 96.2 cm³/mol. The van der Waals surface area contributed by atoms with Gasteiger partial charge in [0, 0.05) is 12.0 Å². The first kappa shape index (κ1) is 15.9. The third-order valence-corrected chi connectivity index (χ3v) is 3.63. The average molecular weight is 318 g/mol. The van der Waals surface area contributed by atoms with Gasteiger partial charge < -0.3 is 9.15 Å². The van der Waals surface area contributed by atoms with Gasteiger partial charge in [-0.1, -0.05) is 54.8 Å². The summed E-state index contributed by atoms with van der Waals surface area (Å²) >= 11 is 0. The van der Waals surface area contributed by atoms with E-state index in [0.29, 0.717) is 16.7 Å². The number of rotatable bonds is 3. The molecule has 3 aromatic rings. The number of benzene rings is 2. The monoisotopic (exact) mass is 318 g/mol. The summed E-state index contributed by atoms with van der Waals surface area (Å²) in [6.45, 7) is 4.07. The fraction of sp³-hybridized carbons (Fsp3) is 0.190. The molecule has 1 heterocycles. The smallest absolute Gasteiger partial charge is 0.235 e. The molecule has 0 amide bonds. The normalized spacial score (nSPS) is 10.2. The van der Waals surface area contributed by atoms with Crippen molar-refractivity contribution in [3.05, 3.63) is 64.3 Å². The molecule has 24 heavy (non-hydrogen) atoms. The third kappa shape index (κ3) is 3.18. The van der Waals surface area contributed by atoms with Crippen LogP contribution in [-0.2, 0) is 0 Å². The van der Waals surface area contributed by atoms with Gasteiger partial charge in [-0.3, -0.25) is 4.79 Å². The highest BCUT2D eigenvalue weighted by molar-refractivity contribution is 5.82. The van der Waals surface area contributed by atoms with E-state index in [1.54, 1.807) is 0 Å². The van der Waals surface area contributed by atoms with Crippen LogP contribution in [0.15, 0.2) is 57.7 Å². The molecule has 3 heteroatoms. The van der Waals surface area contributed by atoms with Crippen molar-refractivity contribution in [2.75, 3.05) is 6.61 Å². The van der Waals surface area contributed by atoms with Gasteiger partial charge in [0.1, 0.15) is 12.2 Å². The molecule has 3 rings (SSSR count). The molecule has 120 valence electrons. The SMILES string of the molecule is CCC#CCOc1c(-c2ccccc2)oc2ccc(C)cc2c1=O. The van der Waals surface area contributed by atoms with Crippen molar-refractivity contribution in [3.63, 3.8) is 0 Å². The summed E-state index contributed by atoms with van der Waals surface area (Å²) in [4.78, 5) is 12.9. The summed E-state index contributed by atoms with van der Waals surface area (Å²) in [5.74, 6) is 6.48. The highest BCUT2D eigenvalue weighted by Crippen LogP contribution is 2.30. The lowest BCUT2D eigenvalue weighted by Crippen LogP contribution is -2.10. The van der Waals surface area contributed by atoms with Crippen LogP contribution in [0.25, 0.3) is 22.3 Å². The van der Waals surface area contributed by atoms with E-state index in [-0.39, 0.29) is 17.8 Å². The van der Waals surface area contributed by atoms with Crippen LogP contribution in [0.2, 0.25) is 0 Å². The first-order chi connectivity index (χ1) is 11.7. The van der Waals surface area contributed by atoms with Crippen LogP contribution < -0.4 is 10.2 Å². The van der Waals surface area contributed by atoms with E-state index in [1.165, 1.54) is 0 Å². The maximum absolute atomic E-state index is 12.9. The first-order valence-corrected chi connectivity index (χ1v) is 7.92. The molecule has 0 radical (unpaired) electrons. The van der Waals surface area contributed by atoms with Gasteiger partial charge in [-0.05, 0) is 19.1 Å². The van der Waals surface area contributed by atoms with Gasteiger partial charge in [0.2, 0.25) is 11.2 Å². The van der Waals surface area contributed by atoms with Gasteiger partial charge in [-0.15, -0.1) is 5.92 Å². The second-order valence-corrected chi connectivity index (χ2v) is 5.45. The van der Waals surface area contributed by atoms with Gasteiger partial charge in [0.15, 0.2) is 5.76 Å². The van der Waals surface area contributed by atoms with Crippen LogP contribution in [0, 0.1) is 18.8 Å². The van der Waals surface area contributed by atoms with Crippen molar-refractivity contribution in [2.24, 2.45) is 0 Å².